The van der Waals surface area contributed by atoms with Gasteiger partial charge in [0.05, 0.1) is 17.1 Å². The number of aliphatic carboxylic acids is 1. The summed E-state index contributed by atoms with van der Waals surface area (Å²) in [5.41, 5.74) is 2.51. The van der Waals surface area contributed by atoms with E-state index in [1.807, 2.05) is 30.2 Å². The molecule has 0 saturated heterocycles. The Bertz CT molecular complexity index is 1140. The first-order chi connectivity index (χ1) is 19.3. The Hall–Kier alpha value is -2.85. The lowest BCUT2D eigenvalue weighted by molar-refractivity contribution is -0.137. The van der Waals surface area contributed by atoms with Gasteiger partial charge in [-0.25, -0.2) is 0 Å². The summed E-state index contributed by atoms with van der Waals surface area (Å²) in [7, 11) is 0. The smallest absolute Gasteiger partial charge is 0.322 e. The lowest BCUT2D eigenvalue weighted by Gasteiger charge is -2.37. The molecule has 2 aromatic rings. The van der Waals surface area contributed by atoms with Gasteiger partial charge in [-0.15, -0.1) is 23.5 Å². The van der Waals surface area contributed by atoms with E-state index in [-0.39, 0.29) is 18.6 Å². The Balaban J connectivity index is 1.84. The fourth-order valence-electron chi connectivity index (χ4n) is 4.81. The van der Waals surface area contributed by atoms with Crippen LogP contribution in [0.5, 0.6) is 5.75 Å². The second kappa shape index (κ2) is 15.8. The molecule has 2 aromatic carbocycles. The van der Waals surface area contributed by atoms with E-state index in [0.29, 0.717) is 5.75 Å². The highest BCUT2D eigenvalue weighted by Gasteiger charge is 2.36. The molecule has 1 aliphatic rings. The largest absolute Gasteiger partial charge is 0.483 e. The summed E-state index contributed by atoms with van der Waals surface area (Å²) in [5, 5.41) is 13.3. The zero-order chi connectivity index (χ0) is 29.0. The van der Waals surface area contributed by atoms with Gasteiger partial charge in [0.25, 0.3) is 5.91 Å². The van der Waals surface area contributed by atoms with Gasteiger partial charge in [-0.3, -0.25) is 14.4 Å². The van der Waals surface area contributed by atoms with Crippen LogP contribution < -0.4 is 20.3 Å². The predicted octanol–water partition coefficient (Wildman–Crippen LogP) is 5.71. The van der Waals surface area contributed by atoms with Gasteiger partial charge in [0.15, 0.2) is 6.61 Å². The van der Waals surface area contributed by atoms with Crippen LogP contribution in [0.25, 0.3) is 0 Å². The standard InChI is InChI=1S/C30H41N3O5S2/c1-4-6-13-30(14-7-5-2)20-33(22-11-9-8-10-12-22)23-15-26(39-3)24(16-25(23)40-21-30)38-19-28(35)31-17-27(34)32-18-29(36)37/h8-12,15-16H,4-7,13-14,17-21H2,1-3H3,(H,31,35)(H,32,34)(H,36,37). The van der Waals surface area contributed by atoms with Gasteiger partial charge in [0.2, 0.25) is 5.91 Å². The average molecular weight is 588 g/mol. The monoisotopic (exact) mass is 587 g/mol. The molecular formula is C30H41N3O5S2. The SMILES string of the molecule is CCCCC1(CCCC)CSc2cc(OCC(=O)NCC(=O)NCC(=O)O)c(SC)cc2N(c2ccccc2)C1. The minimum absolute atomic E-state index is 0.188. The van der Waals surface area contributed by atoms with E-state index in [1.165, 1.54) is 44.2 Å². The molecule has 3 rings (SSSR count). The van der Waals surface area contributed by atoms with E-state index in [4.69, 9.17) is 9.84 Å². The Kier molecular flexibility index (Phi) is 12.5. The molecule has 40 heavy (non-hydrogen) atoms. The molecule has 3 N–H and O–H groups in total. The summed E-state index contributed by atoms with van der Waals surface area (Å²) < 4.78 is 5.96. The normalized spacial score (nSPS) is 14.1. The van der Waals surface area contributed by atoms with Crippen LogP contribution in [0.4, 0.5) is 11.4 Å². The predicted molar refractivity (Wildman–Crippen MR) is 163 cm³/mol. The number of anilines is 2. The van der Waals surface area contributed by atoms with Crippen molar-refractivity contribution in [2.45, 2.75) is 62.2 Å². The zero-order valence-electron chi connectivity index (χ0n) is 23.7. The molecule has 0 unspecified atom stereocenters. The molecule has 8 nitrogen and oxygen atoms in total. The van der Waals surface area contributed by atoms with E-state index >= 15 is 0 Å². The average Bonchev–Trinajstić information content (AvgIpc) is 3.12. The highest BCUT2D eigenvalue weighted by molar-refractivity contribution is 7.99. The molecule has 218 valence electrons. The summed E-state index contributed by atoms with van der Waals surface area (Å²) in [5.74, 6) is -0.519. The topological polar surface area (TPSA) is 108 Å². The summed E-state index contributed by atoms with van der Waals surface area (Å²) in [4.78, 5) is 39.2. The number of carboxylic acid groups (broad SMARTS) is 1. The van der Waals surface area contributed by atoms with Crippen molar-refractivity contribution in [1.82, 2.24) is 10.6 Å². The first kappa shape index (κ1) is 31.7. The lowest BCUT2D eigenvalue weighted by Crippen LogP contribution is -2.40. The minimum atomic E-state index is -1.15. The third kappa shape index (κ3) is 9.09. The van der Waals surface area contributed by atoms with Crippen molar-refractivity contribution in [3.8, 4) is 5.75 Å². The summed E-state index contributed by atoms with van der Waals surface area (Å²) in [6.45, 7) is 4.42. The number of amides is 2. The molecule has 2 amide bonds. The van der Waals surface area contributed by atoms with Crippen LogP contribution in [0.3, 0.4) is 0 Å². The Morgan fingerprint density at radius 2 is 1.70 bits per heavy atom. The van der Waals surface area contributed by atoms with E-state index in [9.17, 15) is 14.4 Å². The number of nitrogens with one attached hydrogen (secondary N) is 2. The highest BCUT2D eigenvalue weighted by Crippen LogP contribution is 2.50. The van der Waals surface area contributed by atoms with Crippen LogP contribution >= 0.6 is 23.5 Å². The summed E-state index contributed by atoms with van der Waals surface area (Å²) in [6, 6.07) is 14.8. The van der Waals surface area contributed by atoms with Crippen molar-refractivity contribution >= 4 is 52.7 Å². The fourth-order valence-corrected chi connectivity index (χ4v) is 6.70. The van der Waals surface area contributed by atoms with E-state index in [1.54, 1.807) is 11.8 Å². The molecule has 1 aliphatic heterocycles. The molecule has 0 aliphatic carbocycles. The van der Waals surface area contributed by atoms with Crippen molar-refractivity contribution in [3.63, 3.8) is 0 Å². The van der Waals surface area contributed by atoms with Gasteiger partial charge in [-0.1, -0.05) is 57.7 Å². The Morgan fingerprint density at radius 1 is 1.02 bits per heavy atom. The molecule has 1 heterocycles. The van der Waals surface area contributed by atoms with Gasteiger partial charge in [-0.2, -0.15) is 0 Å². The molecule has 10 heteroatoms. The first-order valence-electron chi connectivity index (χ1n) is 13.9. The quantitative estimate of drug-likeness (QED) is 0.227. The number of benzene rings is 2. The number of unbranched alkanes of at least 4 members (excludes halogenated alkanes) is 2. The van der Waals surface area contributed by atoms with Gasteiger partial charge >= 0.3 is 5.97 Å². The van der Waals surface area contributed by atoms with Crippen LogP contribution in [-0.2, 0) is 14.4 Å². The number of hydrogen-bond acceptors (Lipinski definition) is 7. The molecule has 0 saturated carbocycles. The van der Waals surface area contributed by atoms with Crippen molar-refractivity contribution in [2.75, 3.05) is 43.1 Å². The minimum Gasteiger partial charge on any atom is -0.483 e. The molecular weight excluding hydrogens is 546 g/mol. The maximum Gasteiger partial charge on any atom is 0.322 e. The summed E-state index contributed by atoms with van der Waals surface area (Å²) in [6.07, 6.45) is 9.13. The fraction of sp³-hybridized carbons (Fsp3) is 0.500. The number of fused-ring (bicyclic) bond motifs is 1. The van der Waals surface area contributed by atoms with Crippen molar-refractivity contribution in [1.29, 1.82) is 0 Å². The van der Waals surface area contributed by atoms with Crippen molar-refractivity contribution < 1.29 is 24.2 Å². The molecule has 0 aromatic heterocycles. The van der Waals surface area contributed by atoms with E-state index in [0.717, 1.165) is 27.8 Å². The van der Waals surface area contributed by atoms with Crippen LogP contribution in [0.2, 0.25) is 0 Å². The number of rotatable bonds is 15. The number of carboxylic acids is 1. The van der Waals surface area contributed by atoms with E-state index < -0.39 is 24.3 Å². The number of thioether (sulfide) groups is 2. The number of ether oxygens (including phenoxy) is 1. The molecule has 0 radical (unpaired) electrons. The van der Waals surface area contributed by atoms with Crippen LogP contribution in [0.1, 0.15) is 52.4 Å². The Morgan fingerprint density at radius 3 is 2.33 bits per heavy atom. The second-order valence-corrected chi connectivity index (χ2v) is 12.0. The van der Waals surface area contributed by atoms with Gasteiger partial charge in [0.1, 0.15) is 12.3 Å². The highest BCUT2D eigenvalue weighted by atomic mass is 32.2. The van der Waals surface area contributed by atoms with Crippen LogP contribution in [0, 0.1) is 5.41 Å². The first-order valence-corrected chi connectivity index (χ1v) is 16.1. The zero-order valence-corrected chi connectivity index (χ0v) is 25.3. The number of carbonyl (C=O) groups is 3. The van der Waals surface area contributed by atoms with Crippen molar-refractivity contribution in [2.24, 2.45) is 5.41 Å². The number of para-hydroxylation sites is 1. The second-order valence-electron chi connectivity index (χ2n) is 10.1. The molecule has 0 fully saturated rings. The van der Waals surface area contributed by atoms with E-state index in [2.05, 4.69) is 59.7 Å². The maximum absolute atomic E-state index is 12.4. The number of nitrogens with zero attached hydrogens (tertiary/aromatic N) is 1. The summed E-state index contributed by atoms with van der Waals surface area (Å²) >= 11 is 3.44. The Labute approximate surface area is 246 Å². The van der Waals surface area contributed by atoms with Crippen molar-refractivity contribution in [3.05, 3.63) is 42.5 Å². The molecule has 0 bridgehead atoms. The van der Waals surface area contributed by atoms with Gasteiger partial charge in [0, 0.05) is 22.9 Å². The lowest BCUT2D eigenvalue weighted by atomic mass is 9.79. The number of hydrogen-bond donors (Lipinski definition) is 3. The third-order valence-corrected chi connectivity index (χ3v) is 9.15. The third-order valence-electron chi connectivity index (χ3n) is 6.99. The van der Waals surface area contributed by atoms with Gasteiger partial charge in [-0.05, 0) is 48.8 Å². The molecule has 0 atom stereocenters. The number of carbonyl (C=O) groups excluding carboxylic acids is 2. The van der Waals surface area contributed by atoms with Gasteiger partial charge < -0.3 is 25.4 Å². The molecule has 0 spiro atoms. The maximum atomic E-state index is 12.4. The van der Waals surface area contributed by atoms with Crippen LogP contribution in [-0.4, -0.2) is 61.1 Å². The van der Waals surface area contributed by atoms with Crippen LogP contribution in [0.15, 0.2) is 52.3 Å².